The van der Waals surface area contributed by atoms with Crippen molar-refractivity contribution in [3.05, 3.63) is 83.6 Å². The third-order valence-corrected chi connectivity index (χ3v) is 7.81. The van der Waals surface area contributed by atoms with Crippen LogP contribution in [0.25, 0.3) is 22.1 Å². The molecule has 204 valence electrons. The number of carbonyl (C=O) groups is 1. The van der Waals surface area contributed by atoms with Gasteiger partial charge in [-0.15, -0.1) is 0 Å². The number of rotatable bonds is 9. The number of carbonyl (C=O) groups excluding carboxylic acids is 1. The number of para-hydroxylation sites is 1. The van der Waals surface area contributed by atoms with E-state index in [1.165, 1.54) is 12.4 Å². The zero-order valence-corrected chi connectivity index (χ0v) is 22.9. The summed E-state index contributed by atoms with van der Waals surface area (Å²) in [5.41, 5.74) is 3.18. The zero-order valence-electron chi connectivity index (χ0n) is 22.1. The number of ether oxygens (including phenoxy) is 2. The number of hydrogen-bond acceptors (Lipinski definition) is 7. The number of sulfonamides is 1. The molecule has 0 saturated carbocycles. The number of pyridine rings is 1. The van der Waals surface area contributed by atoms with Gasteiger partial charge in [0.2, 0.25) is 0 Å². The summed E-state index contributed by atoms with van der Waals surface area (Å²) in [6, 6.07) is 14.0. The Bertz CT molecular complexity index is 1640. The zero-order chi connectivity index (χ0) is 28.2. The molecular weight excluding hydrogens is 523 g/mol. The summed E-state index contributed by atoms with van der Waals surface area (Å²) in [6.45, 7) is 6.82. The number of aromatic nitrogens is 1. The third kappa shape index (κ3) is 6.51. The molecule has 2 aromatic heterocycles. The molecular formula is C29H29FN2O6S. The summed E-state index contributed by atoms with van der Waals surface area (Å²) in [7, 11) is -3.74. The lowest BCUT2D eigenvalue weighted by molar-refractivity contribution is -0.142. The molecule has 0 aliphatic rings. The van der Waals surface area contributed by atoms with Gasteiger partial charge in [0.1, 0.15) is 24.2 Å². The van der Waals surface area contributed by atoms with E-state index in [4.69, 9.17) is 13.9 Å². The maximum Gasteiger partial charge on any atom is 0.310 e. The topological polar surface area (TPSA) is 108 Å². The van der Waals surface area contributed by atoms with Crippen LogP contribution in [0.4, 0.5) is 4.39 Å². The van der Waals surface area contributed by atoms with Crippen molar-refractivity contribution in [1.29, 1.82) is 0 Å². The minimum absolute atomic E-state index is 0.0664. The molecule has 0 N–H and O–H groups in total. The minimum atomic E-state index is -3.74. The van der Waals surface area contributed by atoms with Gasteiger partial charge in [-0.3, -0.25) is 9.78 Å². The average molecular weight is 553 g/mol. The van der Waals surface area contributed by atoms with E-state index in [0.717, 1.165) is 6.26 Å². The highest BCUT2D eigenvalue weighted by atomic mass is 32.2. The van der Waals surface area contributed by atoms with E-state index in [1.807, 2.05) is 6.07 Å². The van der Waals surface area contributed by atoms with E-state index >= 15 is 0 Å². The third-order valence-electron chi connectivity index (χ3n) is 5.88. The Morgan fingerprint density at radius 1 is 1.15 bits per heavy atom. The Kier molecular flexibility index (Phi) is 8.15. The van der Waals surface area contributed by atoms with Gasteiger partial charge < -0.3 is 13.9 Å². The maximum atomic E-state index is 14.6. The second-order valence-corrected chi connectivity index (χ2v) is 12.2. The van der Waals surface area contributed by atoms with Crippen LogP contribution in [0.2, 0.25) is 0 Å². The number of furan rings is 1. The number of hydrogen-bond donors (Lipinski definition) is 0. The molecule has 0 amide bonds. The summed E-state index contributed by atoms with van der Waals surface area (Å²) in [5, 5.41) is 0.272. The molecule has 2 heterocycles. The fourth-order valence-electron chi connectivity index (χ4n) is 3.75. The number of fused-ring (bicyclic) bond motifs is 1. The van der Waals surface area contributed by atoms with Crippen molar-refractivity contribution in [2.24, 2.45) is 4.40 Å². The number of benzene rings is 2. The molecule has 2 aromatic carbocycles. The first kappa shape index (κ1) is 28.0. The molecule has 4 aromatic rings. The summed E-state index contributed by atoms with van der Waals surface area (Å²) >= 11 is 0. The summed E-state index contributed by atoms with van der Waals surface area (Å²) in [6.07, 6.45) is 3.81. The van der Waals surface area contributed by atoms with Gasteiger partial charge in [0.15, 0.2) is 5.82 Å². The first-order valence-electron chi connectivity index (χ1n) is 12.3. The molecule has 0 unspecified atom stereocenters. The lowest BCUT2D eigenvalue weighted by atomic mass is 10.0. The van der Waals surface area contributed by atoms with Crippen LogP contribution in [0, 0.1) is 5.82 Å². The Morgan fingerprint density at radius 3 is 2.67 bits per heavy atom. The highest BCUT2D eigenvalue weighted by Crippen LogP contribution is 2.33. The first-order chi connectivity index (χ1) is 18.5. The van der Waals surface area contributed by atoms with Gasteiger partial charge in [0, 0.05) is 17.3 Å². The highest BCUT2D eigenvalue weighted by Gasteiger charge is 2.27. The molecule has 0 fully saturated rings. The molecule has 0 bridgehead atoms. The standard InChI is InChI=1S/C29H29FN2O6S/c1-5-36-27(33)15-21-8-6-7-9-26(21)37-17-19-12-23(28-24(13-19)25(30)18-38-28)20-10-11-31-22(14-20)16-32-39(34,35)29(2,3)4/h6-14,16,18H,5,15,17H2,1-4H3. The van der Waals surface area contributed by atoms with Crippen molar-refractivity contribution < 1.29 is 31.5 Å². The van der Waals surface area contributed by atoms with Gasteiger partial charge in [-0.1, -0.05) is 18.2 Å². The van der Waals surface area contributed by atoms with Crippen molar-refractivity contribution in [1.82, 2.24) is 4.98 Å². The number of nitrogens with zero attached hydrogens (tertiary/aromatic N) is 2. The molecule has 4 rings (SSSR count). The molecule has 8 nitrogen and oxygen atoms in total. The fraction of sp³-hybridized carbons (Fsp3) is 0.276. The largest absolute Gasteiger partial charge is 0.489 e. The van der Waals surface area contributed by atoms with Crippen LogP contribution in [-0.2, 0) is 32.6 Å². The van der Waals surface area contributed by atoms with E-state index in [0.29, 0.717) is 39.3 Å². The SMILES string of the molecule is CCOC(=O)Cc1ccccc1OCc1cc(-c2ccnc(C=NS(=O)(=O)C(C)(C)C)c2)c2occ(F)c2c1. The summed E-state index contributed by atoms with van der Waals surface area (Å²) < 4.78 is 58.7. The molecule has 39 heavy (non-hydrogen) atoms. The Labute approximate surface area is 226 Å². The molecule has 0 aliphatic heterocycles. The van der Waals surface area contributed by atoms with Gasteiger partial charge in [-0.05, 0) is 69.2 Å². The molecule has 0 saturated heterocycles. The van der Waals surface area contributed by atoms with Crippen LogP contribution in [-0.4, -0.2) is 36.9 Å². The lowest BCUT2D eigenvalue weighted by Gasteiger charge is -2.14. The second-order valence-electron chi connectivity index (χ2n) is 9.77. The van der Waals surface area contributed by atoms with Crippen LogP contribution in [0.15, 0.2) is 69.8 Å². The van der Waals surface area contributed by atoms with Gasteiger partial charge in [-0.25, -0.2) is 12.8 Å². The molecule has 0 radical (unpaired) electrons. The summed E-state index contributed by atoms with van der Waals surface area (Å²) in [5.74, 6) is -0.365. The van der Waals surface area contributed by atoms with E-state index in [1.54, 1.807) is 70.2 Å². The van der Waals surface area contributed by atoms with Gasteiger partial charge in [0.25, 0.3) is 10.0 Å². The van der Waals surface area contributed by atoms with E-state index in [-0.39, 0.29) is 31.0 Å². The maximum absolute atomic E-state index is 14.6. The summed E-state index contributed by atoms with van der Waals surface area (Å²) in [4.78, 5) is 16.2. The van der Waals surface area contributed by atoms with Crippen LogP contribution in [0.1, 0.15) is 44.5 Å². The Balaban J connectivity index is 1.66. The van der Waals surface area contributed by atoms with Crippen molar-refractivity contribution in [3.63, 3.8) is 0 Å². The molecule has 0 atom stereocenters. The minimum Gasteiger partial charge on any atom is -0.489 e. The smallest absolute Gasteiger partial charge is 0.310 e. The second kappa shape index (κ2) is 11.4. The Hall–Kier alpha value is -4.05. The normalized spacial score (nSPS) is 12.2. The lowest BCUT2D eigenvalue weighted by Crippen LogP contribution is -2.25. The quantitative estimate of drug-likeness (QED) is 0.189. The highest BCUT2D eigenvalue weighted by molar-refractivity contribution is 7.91. The van der Waals surface area contributed by atoms with Crippen molar-refractivity contribution >= 4 is 33.2 Å². The van der Waals surface area contributed by atoms with Crippen molar-refractivity contribution in [2.75, 3.05) is 6.61 Å². The average Bonchev–Trinajstić information content (AvgIpc) is 3.26. The van der Waals surface area contributed by atoms with Crippen LogP contribution in [0.3, 0.4) is 0 Å². The van der Waals surface area contributed by atoms with E-state index in [9.17, 15) is 17.6 Å². The van der Waals surface area contributed by atoms with Gasteiger partial charge >= 0.3 is 5.97 Å². The van der Waals surface area contributed by atoms with Crippen LogP contribution >= 0.6 is 0 Å². The van der Waals surface area contributed by atoms with Gasteiger partial charge in [0.05, 0.1) is 35.1 Å². The van der Waals surface area contributed by atoms with Crippen molar-refractivity contribution in [2.45, 2.75) is 45.5 Å². The Morgan fingerprint density at radius 2 is 1.92 bits per heavy atom. The molecule has 10 heteroatoms. The fourth-order valence-corrected chi connectivity index (χ4v) is 4.32. The molecule has 0 aliphatic carbocycles. The predicted octanol–water partition coefficient (Wildman–Crippen LogP) is 5.87. The first-order valence-corrected chi connectivity index (χ1v) is 13.7. The number of halogens is 1. The monoisotopic (exact) mass is 552 g/mol. The van der Waals surface area contributed by atoms with E-state index < -0.39 is 20.6 Å². The van der Waals surface area contributed by atoms with Gasteiger partial charge in [-0.2, -0.15) is 4.40 Å². The van der Waals surface area contributed by atoms with E-state index in [2.05, 4.69) is 9.38 Å². The number of esters is 1. The van der Waals surface area contributed by atoms with Crippen LogP contribution in [0.5, 0.6) is 5.75 Å². The van der Waals surface area contributed by atoms with Crippen molar-refractivity contribution in [3.8, 4) is 16.9 Å². The predicted molar refractivity (Wildman–Crippen MR) is 147 cm³/mol. The van der Waals surface area contributed by atoms with Crippen LogP contribution < -0.4 is 4.74 Å². The molecule has 0 spiro atoms.